The lowest BCUT2D eigenvalue weighted by Gasteiger charge is -2.08. The average molecular weight is 322 g/mol. The molecule has 0 spiro atoms. The van der Waals surface area contributed by atoms with Crippen molar-refractivity contribution in [3.05, 3.63) is 39.0 Å². The molecule has 0 radical (unpaired) electrons. The van der Waals surface area contributed by atoms with Crippen LogP contribution in [-0.2, 0) is 12.2 Å². The Labute approximate surface area is 132 Å². The zero-order chi connectivity index (χ0) is 15.4. The summed E-state index contributed by atoms with van der Waals surface area (Å²) in [5.41, 5.74) is 2.88. The molecule has 1 N–H and O–H groups in total. The molecule has 0 unspecified atom stereocenters. The number of aromatic nitrogens is 2. The van der Waals surface area contributed by atoms with Gasteiger partial charge in [0.2, 0.25) is 0 Å². The fourth-order valence-electron chi connectivity index (χ4n) is 2.05. The molecule has 4 nitrogen and oxygen atoms in total. The molecule has 21 heavy (non-hydrogen) atoms. The summed E-state index contributed by atoms with van der Waals surface area (Å²) in [5.74, 6) is -0.274. The van der Waals surface area contributed by atoms with Crippen molar-refractivity contribution in [1.82, 2.24) is 9.97 Å². The first kappa shape index (κ1) is 16.0. The first-order valence-corrected chi connectivity index (χ1v) is 8.65. The lowest BCUT2D eigenvalue weighted by atomic mass is 10.1. The minimum absolute atomic E-state index is 0.301. The van der Waals surface area contributed by atoms with Gasteiger partial charge in [0.1, 0.15) is 5.03 Å². The maximum atomic E-state index is 11.4. The number of hydrogen-bond donors (Lipinski definition) is 1. The Balaban J connectivity index is 2.17. The van der Waals surface area contributed by atoms with Crippen LogP contribution in [0.2, 0.25) is 0 Å². The standard InChI is InChI=1S/C15H18N2O2S2/c1-4-5-12-17-11(7-20-12)8-21-14-13(15(18)19)9(2)6-10(3)16-14/h6-7H,4-5,8H2,1-3H3,(H,18,19). The molecule has 112 valence electrons. The van der Waals surface area contributed by atoms with Crippen LogP contribution in [0, 0.1) is 13.8 Å². The number of thioether (sulfide) groups is 1. The highest BCUT2D eigenvalue weighted by molar-refractivity contribution is 7.98. The molecule has 0 aliphatic rings. The highest BCUT2D eigenvalue weighted by Crippen LogP contribution is 2.28. The second-order valence-corrected chi connectivity index (χ2v) is 6.74. The molecular weight excluding hydrogens is 304 g/mol. The minimum Gasteiger partial charge on any atom is -0.478 e. The van der Waals surface area contributed by atoms with E-state index in [1.54, 1.807) is 17.4 Å². The Morgan fingerprint density at radius 1 is 1.38 bits per heavy atom. The topological polar surface area (TPSA) is 63.1 Å². The number of hydrogen-bond acceptors (Lipinski definition) is 5. The molecule has 0 aromatic carbocycles. The van der Waals surface area contributed by atoms with Crippen LogP contribution in [-0.4, -0.2) is 21.0 Å². The van der Waals surface area contributed by atoms with Crippen LogP contribution in [0.4, 0.5) is 0 Å². The molecule has 0 atom stereocenters. The molecule has 2 aromatic heterocycles. The predicted octanol–water partition coefficient (Wildman–Crippen LogP) is 4.10. The Hall–Kier alpha value is -1.40. The van der Waals surface area contributed by atoms with Crippen molar-refractivity contribution in [2.24, 2.45) is 0 Å². The van der Waals surface area contributed by atoms with Crippen molar-refractivity contribution in [3.8, 4) is 0 Å². The molecule has 0 aliphatic heterocycles. The van der Waals surface area contributed by atoms with E-state index < -0.39 is 5.97 Å². The summed E-state index contributed by atoms with van der Waals surface area (Å²) in [5, 5.41) is 13.1. The van der Waals surface area contributed by atoms with Crippen LogP contribution in [0.15, 0.2) is 16.5 Å². The molecule has 0 saturated heterocycles. The highest BCUT2D eigenvalue weighted by atomic mass is 32.2. The van der Waals surface area contributed by atoms with Crippen LogP contribution in [0.25, 0.3) is 0 Å². The number of rotatable bonds is 6. The Kier molecular flexibility index (Phi) is 5.36. The van der Waals surface area contributed by atoms with E-state index in [1.165, 1.54) is 11.8 Å². The third kappa shape index (κ3) is 4.04. The lowest BCUT2D eigenvalue weighted by Crippen LogP contribution is -2.05. The van der Waals surface area contributed by atoms with Gasteiger partial charge in [0.15, 0.2) is 0 Å². The van der Waals surface area contributed by atoms with Gasteiger partial charge in [0, 0.05) is 16.8 Å². The average Bonchev–Trinajstić information content (AvgIpc) is 2.83. The molecule has 2 heterocycles. The summed E-state index contributed by atoms with van der Waals surface area (Å²) < 4.78 is 0. The predicted molar refractivity (Wildman–Crippen MR) is 86.3 cm³/mol. The number of carboxylic acids is 1. The Morgan fingerprint density at radius 3 is 2.81 bits per heavy atom. The molecule has 6 heteroatoms. The Bertz CT molecular complexity index is 653. The number of thiazole rings is 1. The van der Waals surface area contributed by atoms with Crippen molar-refractivity contribution >= 4 is 29.1 Å². The van der Waals surface area contributed by atoms with E-state index >= 15 is 0 Å². The molecular formula is C15H18N2O2S2. The van der Waals surface area contributed by atoms with Gasteiger partial charge in [0.25, 0.3) is 0 Å². The second kappa shape index (κ2) is 7.04. The zero-order valence-electron chi connectivity index (χ0n) is 12.3. The van der Waals surface area contributed by atoms with Gasteiger partial charge in [-0.05, 0) is 38.3 Å². The fourth-order valence-corrected chi connectivity index (χ4v) is 4.09. The SMILES string of the molecule is CCCc1nc(CSc2nc(C)cc(C)c2C(=O)O)cs1. The minimum atomic E-state index is -0.924. The third-order valence-corrected chi connectivity index (χ3v) is 4.91. The maximum Gasteiger partial charge on any atom is 0.338 e. The molecule has 0 saturated carbocycles. The quantitative estimate of drug-likeness (QED) is 0.811. The van der Waals surface area contributed by atoms with Gasteiger partial charge < -0.3 is 5.11 Å². The third-order valence-electron chi connectivity index (χ3n) is 2.95. The van der Waals surface area contributed by atoms with Crippen LogP contribution in [0.3, 0.4) is 0 Å². The number of carboxylic acid groups (broad SMARTS) is 1. The fraction of sp³-hybridized carbons (Fsp3) is 0.400. The first-order valence-electron chi connectivity index (χ1n) is 6.79. The van der Waals surface area contributed by atoms with Gasteiger partial charge in [-0.1, -0.05) is 18.7 Å². The van der Waals surface area contributed by atoms with E-state index in [2.05, 4.69) is 16.9 Å². The molecule has 0 bridgehead atoms. The van der Waals surface area contributed by atoms with E-state index in [4.69, 9.17) is 0 Å². The van der Waals surface area contributed by atoms with Crippen molar-refractivity contribution in [2.75, 3.05) is 0 Å². The van der Waals surface area contributed by atoms with Crippen LogP contribution in [0.1, 0.15) is 45.7 Å². The van der Waals surface area contributed by atoms with Gasteiger partial charge in [-0.15, -0.1) is 11.3 Å². The lowest BCUT2D eigenvalue weighted by molar-refractivity contribution is 0.0691. The van der Waals surface area contributed by atoms with Gasteiger partial charge in [-0.25, -0.2) is 14.8 Å². The molecule has 0 amide bonds. The summed E-state index contributed by atoms with van der Waals surface area (Å²) in [6.07, 6.45) is 2.08. The van der Waals surface area contributed by atoms with Crippen molar-refractivity contribution < 1.29 is 9.90 Å². The molecule has 2 rings (SSSR count). The second-order valence-electron chi connectivity index (χ2n) is 4.84. The van der Waals surface area contributed by atoms with E-state index in [1.807, 2.05) is 19.2 Å². The van der Waals surface area contributed by atoms with Crippen molar-refractivity contribution in [2.45, 2.75) is 44.4 Å². The molecule has 2 aromatic rings. The van der Waals surface area contributed by atoms with Crippen molar-refractivity contribution in [1.29, 1.82) is 0 Å². The summed E-state index contributed by atoms with van der Waals surface area (Å²) in [7, 11) is 0. The van der Waals surface area contributed by atoms with E-state index in [0.717, 1.165) is 34.8 Å². The normalized spacial score (nSPS) is 10.8. The Morgan fingerprint density at radius 2 is 2.14 bits per heavy atom. The largest absolute Gasteiger partial charge is 0.478 e. The summed E-state index contributed by atoms with van der Waals surface area (Å²) in [6, 6.07) is 1.80. The smallest absolute Gasteiger partial charge is 0.338 e. The van der Waals surface area contributed by atoms with Gasteiger partial charge in [0.05, 0.1) is 16.3 Å². The van der Waals surface area contributed by atoms with Gasteiger partial charge >= 0.3 is 5.97 Å². The van der Waals surface area contributed by atoms with Gasteiger partial charge in [-0.3, -0.25) is 0 Å². The van der Waals surface area contributed by atoms with E-state index in [0.29, 0.717) is 16.3 Å². The number of aryl methyl sites for hydroxylation is 3. The highest BCUT2D eigenvalue weighted by Gasteiger charge is 2.16. The van der Waals surface area contributed by atoms with E-state index in [9.17, 15) is 9.90 Å². The van der Waals surface area contributed by atoms with Crippen molar-refractivity contribution in [3.63, 3.8) is 0 Å². The summed E-state index contributed by atoms with van der Waals surface area (Å²) >= 11 is 3.11. The van der Waals surface area contributed by atoms with E-state index in [-0.39, 0.29) is 0 Å². The van der Waals surface area contributed by atoms with Crippen LogP contribution < -0.4 is 0 Å². The van der Waals surface area contributed by atoms with Crippen LogP contribution >= 0.6 is 23.1 Å². The first-order chi connectivity index (χ1) is 10.0. The zero-order valence-corrected chi connectivity index (χ0v) is 14.0. The van der Waals surface area contributed by atoms with Gasteiger partial charge in [-0.2, -0.15) is 0 Å². The summed E-state index contributed by atoms with van der Waals surface area (Å²) in [4.78, 5) is 20.3. The molecule has 0 aliphatic carbocycles. The number of carbonyl (C=O) groups is 1. The number of aromatic carboxylic acids is 1. The maximum absolute atomic E-state index is 11.4. The van der Waals surface area contributed by atoms with Crippen LogP contribution in [0.5, 0.6) is 0 Å². The number of pyridine rings is 1. The molecule has 0 fully saturated rings. The monoisotopic (exact) mass is 322 g/mol. The number of nitrogens with zero attached hydrogens (tertiary/aromatic N) is 2. The summed E-state index contributed by atoms with van der Waals surface area (Å²) in [6.45, 7) is 5.82.